The number of carbonyl (C=O) groups excluding carboxylic acids is 2. The van der Waals surface area contributed by atoms with Gasteiger partial charge in [0.2, 0.25) is 5.91 Å². The van der Waals surface area contributed by atoms with Crippen molar-refractivity contribution in [3.8, 4) is 0 Å². The van der Waals surface area contributed by atoms with E-state index in [2.05, 4.69) is 9.97 Å². The summed E-state index contributed by atoms with van der Waals surface area (Å²) >= 11 is 0. The van der Waals surface area contributed by atoms with Gasteiger partial charge < -0.3 is 14.8 Å². The maximum atomic E-state index is 12.9. The molecule has 1 atom stereocenters. The third kappa shape index (κ3) is 4.89. The number of rotatable bonds is 4. The molecular formula is C24H31N5O3. The lowest BCUT2D eigenvalue weighted by molar-refractivity contribution is -0.135. The Labute approximate surface area is 188 Å². The van der Waals surface area contributed by atoms with Crippen LogP contribution >= 0.6 is 0 Å². The van der Waals surface area contributed by atoms with Crippen molar-refractivity contribution in [2.24, 2.45) is 5.92 Å². The van der Waals surface area contributed by atoms with E-state index in [1.165, 1.54) is 0 Å². The minimum atomic E-state index is -0.150. The van der Waals surface area contributed by atoms with Gasteiger partial charge in [0.15, 0.2) is 0 Å². The second-order valence-electron chi connectivity index (χ2n) is 9.14. The Hall–Kier alpha value is -3.03. The Balaban J connectivity index is 1.46. The van der Waals surface area contributed by atoms with Crippen LogP contribution in [0.3, 0.4) is 0 Å². The second kappa shape index (κ2) is 9.63. The first kappa shape index (κ1) is 22.2. The number of hydrogen-bond acceptors (Lipinski definition) is 5. The molecule has 8 heteroatoms. The summed E-state index contributed by atoms with van der Waals surface area (Å²) < 4.78 is 0. The molecule has 0 aromatic carbocycles. The van der Waals surface area contributed by atoms with Crippen molar-refractivity contribution in [1.29, 1.82) is 0 Å². The minimum Gasteiger partial charge on any atom is -0.342 e. The Morgan fingerprint density at radius 1 is 1.03 bits per heavy atom. The standard InChI is InChI=1S/C24H31N5O3/c1-16(2)23(31)28-12-7-17(8-13-28)22-26-20(14-21(30)27-22)19-4-3-11-29(15-19)24(32)18-5-9-25-10-6-18/h5-6,9-10,14,16-17,19H,3-4,7-8,11-13,15H2,1-2H3,(H,26,27,30)/t19-/m0/s1. The average Bonchev–Trinajstić information content (AvgIpc) is 2.83. The molecule has 170 valence electrons. The quantitative estimate of drug-likeness (QED) is 0.792. The molecule has 0 bridgehead atoms. The molecule has 2 aliphatic heterocycles. The molecule has 0 spiro atoms. The van der Waals surface area contributed by atoms with Crippen LogP contribution in [-0.4, -0.2) is 62.7 Å². The van der Waals surface area contributed by atoms with Gasteiger partial charge in [-0.2, -0.15) is 0 Å². The first-order valence-corrected chi connectivity index (χ1v) is 11.5. The lowest BCUT2D eigenvalue weighted by Gasteiger charge is -2.34. The molecule has 2 aromatic rings. The first-order chi connectivity index (χ1) is 15.4. The molecule has 4 heterocycles. The predicted molar refractivity (Wildman–Crippen MR) is 120 cm³/mol. The molecule has 0 radical (unpaired) electrons. The van der Waals surface area contributed by atoms with Gasteiger partial charge in [0.25, 0.3) is 11.5 Å². The molecule has 0 aliphatic carbocycles. The molecule has 1 N–H and O–H groups in total. The summed E-state index contributed by atoms with van der Waals surface area (Å²) in [7, 11) is 0. The number of nitrogens with zero attached hydrogens (tertiary/aromatic N) is 4. The number of nitrogens with one attached hydrogen (secondary N) is 1. The highest BCUT2D eigenvalue weighted by molar-refractivity contribution is 5.94. The van der Waals surface area contributed by atoms with Crippen LogP contribution in [0.2, 0.25) is 0 Å². The number of likely N-dealkylation sites (tertiary alicyclic amines) is 2. The third-order valence-corrected chi connectivity index (χ3v) is 6.52. The van der Waals surface area contributed by atoms with Crippen LogP contribution in [0.4, 0.5) is 0 Å². The number of piperidine rings is 2. The summed E-state index contributed by atoms with van der Waals surface area (Å²) in [6, 6.07) is 5.03. The highest BCUT2D eigenvalue weighted by Crippen LogP contribution is 2.29. The number of aromatic nitrogens is 3. The summed E-state index contributed by atoms with van der Waals surface area (Å²) in [6.07, 6.45) is 6.61. The van der Waals surface area contributed by atoms with E-state index in [1.54, 1.807) is 30.6 Å². The Morgan fingerprint density at radius 3 is 2.44 bits per heavy atom. The Bertz CT molecular complexity index is 1010. The van der Waals surface area contributed by atoms with Crippen molar-refractivity contribution in [3.05, 3.63) is 58.0 Å². The molecule has 0 unspecified atom stereocenters. The van der Waals surface area contributed by atoms with E-state index in [1.807, 2.05) is 23.6 Å². The predicted octanol–water partition coefficient (Wildman–Crippen LogP) is 2.55. The van der Waals surface area contributed by atoms with Crippen LogP contribution in [0.25, 0.3) is 0 Å². The molecule has 0 saturated carbocycles. The fourth-order valence-corrected chi connectivity index (χ4v) is 4.72. The van der Waals surface area contributed by atoms with E-state index in [-0.39, 0.29) is 35.1 Å². The SMILES string of the molecule is CC(C)C(=O)N1CCC(c2nc([C@H]3CCCN(C(=O)c4ccncc4)C3)cc(=O)[nH]2)CC1. The molecule has 32 heavy (non-hydrogen) atoms. The third-order valence-electron chi connectivity index (χ3n) is 6.52. The monoisotopic (exact) mass is 437 g/mol. The summed E-state index contributed by atoms with van der Waals surface area (Å²) in [5.41, 5.74) is 1.24. The van der Waals surface area contributed by atoms with Crippen LogP contribution in [0.15, 0.2) is 35.4 Å². The van der Waals surface area contributed by atoms with Crippen LogP contribution < -0.4 is 5.56 Å². The van der Waals surface area contributed by atoms with E-state index < -0.39 is 0 Å². The van der Waals surface area contributed by atoms with Crippen molar-refractivity contribution in [3.63, 3.8) is 0 Å². The van der Waals surface area contributed by atoms with Crippen molar-refractivity contribution in [1.82, 2.24) is 24.8 Å². The first-order valence-electron chi connectivity index (χ1n) is 11.5. The van der Waals surface area contributed by atoms with Gasteiger partial charge in [-0.1, -0.05) is 13.8 Å². The fraction of sp³-hybridized carbons (Fsp3) is 0.542. The summed E-state index contributed by atoms with van der Waals surface area (Å²) in [5, 5.41) is 0. The van der Waals surface area contributed by atoms with Gasteiger partial charge in [-0.15, -0.1) is 0 Å². The lowest BCUT2D eigenvalue weighted by atomic mass is 9.92. The van der Waals surface area contributed by atoms with Crippen LogP contribution in [-0.2, 0) is 4.79 Å². The maximum absolute atomic E-state index is 12.9. The number of pyridine rings is 1. The summed E-state index contributed by atoms with van der Waals surface area (Å²) in [5.74, 6) is 1.05. The van der Waals surface area contributed by atoms with Crippen LogP contribution in [0.1, 0.15) is 73.2 Å². The zero-order chi connectivity index (χ0) is 22.7. The highest BCUT2D eigenvalue weighted by Gasteiger charge is 2.29. The lowest BCUT2D eigenvalue weighted by Crippen LogP contribution is -2.41. The van der Waals surface area contributed by atoms with E-state index in [0.29, 0.717) is 37.6 Å². The van der Waals surface area contributed by atoms with Gasteiger partial charge in [0, 0.05) is 68.0 Å². The maximum Gasteiger partial charge on any atom is 0.253 e. The van der Waals surface area contributed by atoms with Crippen LogP contribution in [0.5, 0.6) is 0 Å². The largest absolute Gasteiger partial charge is 0.342 e. The summed E-state index contributed by atoms with van der Waals surface area (Å²) in [4.78, 5) is 53.1. The topological polar surface area (TPSA) is 99.3 Å². The second-order valence-corrected chi connectivity index (χ2v) is 9.14. The molecule has 2 saturated heterocycles. The van der Waals surface area contributed by atoms with Gasteiger partial charge >= 0.3 is 0 Å². The number of carbonyl (C=O) groups is 2. The van der Waals surface area contributed by atoms with Gasteiger partial charge in [0.05, 0.1) is 5.69 Å². The highest BCUT2D eigenvalue weighted by atomic mass is 16.2. The fourth-order valence-electron chi connectivity index (χ4n) is 4.72. The van der Waals surface area contributed by atoms with Crippen molar-refractivity contribution in [2.75, 3.05) is 26.2 Å². The molecule has 2 aromatic heterocycles. The van der Waals surface area contributed by atoms with E-state index in [4.69, 9.17) is 4.98 Å². The number of H-pyrrole nitrogens is 1. The zero-order valence-electron chi connectivity index (χ0n) is 18.8. The number of hydrogen-bond donors (Lipinski definition) is 1. The molecule has 2 fully saturated rings. The smallest absolute Gasteiger partial charge is 0.253 e. The molecular weight excluding hydrogens is 406 g/mol. The molecule has 2 amide bonds. The van der Waals surface area contributed by atoms with Gasteiger partial charge in [0.1, 0.15) is 5.82 Å². The van der Waals surface area contributed by atoms with E-state index in [9.17, 15) is 14.4 Å². The number of aromatic amines is 1. The van der Waals surface area contributed by atoms with Gasteiger partial charge in [-0.3, -0.25) is 19.4 Å². The molecule has 2 aliphatic rings. The van der Waals surface area contributed by atoms with E-state index in [0.717, 1.165) is 31.4 Å². The van der Waals surface area contributed by atoms with E-state index >= 15 is 0 Å². The minimum absolute atomic E-state index is 0.00285. The summed E-state index contributed by atoms with van der Waals surface area (Å²) in [6.45, 7) is 6.47. The molecule has 4 rings (SSSR count). The van der Waals surface area contributed by atoms with Crippen LogP contribution in [0, 0.1) is 5.92 Å². The average molecular weight is 438 g/mol. The van der Waals surface area contributed by atoms with Crippen molar-refractivity contribution in [2.45, 2.75) is 51.4 Å². The van der Waals surface area contributed by atoms with Gasteiger partial charge in [-0.25, -0.2) is 4.98 Å². The van der Waals surface area contributed by atoms with Gasteiger partial charge in [-0.05, 0) is 37.8 Å². The normalized spacial score (nSPS) is 19.9. The van der Waals surface area contributed by atoms with Crippen molar-refractivity contribution >= 4 is 11.8 Å². The van der Waals surface area contributed by atoms with Crippen molar-refractivity contribution < 1.29 is 9.59 Å². The Kier molecular flexibility index (Phi) is 6.67. The molecule has 8 nitrogen and oxygen atoms in total. The Morgan fingerprint density at radius 2 is 1.75 bits per heavy atom. The zero-order valence-corrected chi connectivity index (χ0v) is 18.8. The number of amides is 2.